The van der Waals surface area contributed by atoms with Crippen molar-refractivity contribution in [3.05, 3.63) is 18.0 Å². The molecule has 8 heteroatoms. The fraction of sp³-hybridized carbons (Fsp3) is 0.737. The summed E-state index contributed by atoms with van der Waals surface area (Å²) in [6, 6.07) is -0.1000. The molecule has 2 aliphatic rings. The molecule has 1 aromatic rings. The Hall–Kier alpha value is -1.67. The Morgan fingerprint density at radius 2 is 1.81 bits per heavy atom. The van der Waals surface area contributed by atoms with Gasteiger partial charge in [-0.05, 0) is 37.9 Å². The summed E-state index contributed by atoms with van der Waals surface area (Å²) in [4.78, 5) is 24.5. The molecule has 1 N–H and O–H groups in total. The van der Waals surface area contributed by atoms with E-state index in [1.807, 2.05) is 12.4 Å². The summed E-state index contributed by atoms with van der Waals surface area (Å²) in [5.74, 6) is 0.668. The number of piperazine rings is 1. The Balaban J connectivity index is 1.75. The monoisotopic (exact) mass is 392 g/mol. The minimum atomic E-state index is -1.63. The van der Waals surface area contributed by atoms with E-state index in [1.165, 1.54) is 0 Å². The number of carboxylic acid groups (broad SMARTS) is 1. The van der Waals surface area contributed by atoms with Gasteiger partial charge in [-0.25, -0.2) is 14.8 Å². The van der Waals surface area contributed by atoms with Gasteiger partial charge in [0.25, 0.3) is 0 Å². The van der Waals surface area contributed by atoms with E-state index < -0.39 is 14.4 Å². The second-order valence-corrected chi connectivity index (χ2v) is 14.2. The fourth-order valence-corrected chi connectivity index (χ4v) is 5.30. The van der Waals surface area contributed by atoms with Crippen LogP contribution in [0.4, 0.5) is 10.7 Å². The highest BCUT2D eigenvalue weighted by atomic mass is 28.4. The number of hydrogen-bond acceptors (Lipinski definition) is 5. The van der Waals surface area contributed by atoms with Crippen molar-refractivity contribution in [1.29, 1.82) is 0 Å². The van der Waals surface area contributed by atoms with E-state index in [0.717, 1.165) is 18.4 Å². The van der Waals surface area contributed by atoms with Gasteiger partial charge in [-0.2, -0.15) is 0 Å². The first kappa shape index (κ1) is 20.1. The van der Waals surface area contributed by atoms with Crippen LogP contribution < -0.4 is 4.90 Å². The molecule has 2 fully saturated rings. The van der Waals surface area contributed by atoms with Crippen LogP contribution in [0, 0.1) is 5.41 Å². The molecule has 1 unspecified atom stereocenters. The number of nitrogens with zero attached hydrogens (tertiary/aromatic N) is 4. The lowest BCUT2D eigenvalue weighted by atomic mass is 9.84. The van der Waals surface area contributed by atoms with Crippen molar-refractivity contribution in [2.45, 2.75) is 64.9 Å². The lowest BCUT2D eigenvalue weighted by Gasteiger charge is -2.45. The van der Waals surface area contributed by atoms with E-state index in [-0.39, 0.29) is 17.1 Å². The van der Waals surface area contributed by atoms with Crippen LogP contribution in [0.25, 0.3) is 0 Å². The van der Waals surface area contributed by atoms with Crippen LogP contribution >= 0.6 is 0 Å². The summed E-state index contributed by atoms with van der Waals surface area (Å²) in [5, 5.41) is 9.52. The van der Waals surface area contributed by atoms with Crippen molar-refractivity contribution in [3.63, 3.8) is 0 Å². The molecule has 1 aliphatic carbocycles. The predicted octanol–water partition coefficient (Wildman–Crippen LogP) is 3.53. The second kappa shape index (κ2) is 6.74. The molecule has 0 bridgehead atoms. The van der Waals surface area contributed by atoms with Crippen LogP contribution in [0.5, 0.6) is 0 Å². The number of amides is 1. The van der Waals surface area contributed by atoms with Gasteiger partial charge in [0, 0.05) is 37.6 Å². The lowest BCUT2D eigenvalue weighted by Crippen LogP contribution is -2.59. The molecule has 2 heterocycles. The van der Waals surface area contributed by atoms with E-state index in [9.17, 15) is 9.90 Å². The van der Waals surface area contributed by atoms with Crippen molar-refractivity contribution >= 4 is 20.4 Å². The zero-order chi connectivity index (χ0) is 20.0. The largest absolute Gasteiger partial charge is 0.465 e. The maximum absolute atomic E-state index is 11.6. The molecular weight excluding hydrogens is 360 g/mol. The number of anilines is 1. The van der Waals surface area contributed by atoms with Crippen LogP contribution in [0.3, 0.4) is 0 Å². The molecule has 1 atom stereocenters. The van der Waals surface area contributed by atoms with Crippen LogP contribution in [0.1, 0.15) is 39.2 Å². The molecule has 27 heavy (non-hydrogen) atoms. The predicted molar refractivity (Wildman–Crippen MR) is 108 cm³/mol. The molecule has 7 nitrogen and oxygen atoms in total. The van der Waals surface area contributed by atoms with E-state index in [1.54, 1.807) is 4.90 Å². The van der Waals surface area contributed by atoms with E-state index >= 15 is 0 Å². The average molecular weight is 393 g/mol. The molecule has 0 aromatic carbocycles. The summed E-state index contributed by atoms with van der Waals surface area (Å²) >= 11 is 0. The first-order valence-corrected chi connectivity index (χ1v) is 13.1. The smallest absolute Gasteiger partial charge is 0.407 e. The highest BCUT2D eigenvalue weighted by Crippen LogP contribution is 2.50. The average Bonchev–Trinajstić information content (AvgIpc) is 3.32. The zero-order valence-electron chi connectivity index (χ0n) is 17.3. The Morgan fingerprint density at radius 3 is 2.26 bits per heavy atom. The molecule has 3 rings (SSSR count). The number of carbonyl (C=O) groups is 1. The van der Waals surface area contributed by atoms with Gasteiger partial charge in [-0.15, -0.1) is 0 Å². The van der Waals surface area contributed by atoms with E-state index in [2.05, 4.69) is 55.3 Å². The molecular formula is C19H32N4O3Si. The standard InChI is InChI=1S/C19H32N4O3Si/c1-18(2,3)15-13-22(9-10-23(15)17(24)25)16-20-11-14(12-21-16)19(7-8-19)26-27(4,5)6/h11-12,15H,7-10,13H2,1-6H3,(H,24,25). The van der Waals surface area contributed by atoms with Crippen LogP contribution in [-0.4, -0.2) is 60.1 Å². The fourth-order valence-electron chi connectivity index (χ4n) is 3.80. The Labute approximate surface area is 162 Å². The number of hydrogen-bond donors (Lipinski definition) is 1. The summed E-state index contributed by atoms with van der Waals surface area (Å²) in [6.07, 6.45) is 4.99. The molecule has 1 saturated carbocycles. The normalized spacial score (nSPS) is 22.7. The van der Waals surface area contributed by atoms with Gasteiger partial charge in [0.1, 0.15) is 0 Å². The quantitative estimate of drug-likeness (QED) is 0.790. The van der Waals surface area contributed by atoms with Crippen molar-refractivity contribution < 1.29 is 14.3 Å². The first-order chi connectivity index (χ1) is 12.4. The number of rotatable bonds is 4. The van der Waals surface area contributed by atoms with Crippen LogP contribution in [0.2, 0.25) is 19.6 Å². The SMILES string of the molecule is CC(C)(C)C1CN(c2ncc(C3(O[Si](C)(C)C)CC3)cn2)CCN1C(=O)O. The van der Waals surface area contributed by atoms with Gasteiger partial charge in [-0.1, -0.05) is 20.8 Å². The highest BCUT2D eigenvalue weighted by Gasteiger charge is 2.49. The van der Waals surface area contributed by atoms with Gasteiger partial charge >= 0.3 is 6.09 Å². The lowest BCUT2D eigenvalue weighted by molar-refractivity contribution is 0.0745. The van der Waals surface area contributed by atoms with Gasteiger partial charge < -0.3 is 19.3 Å². The Morgan fingerprint density at radius 1 is 1.22 bits per heavy atom. The molecule has 1 aromatic heterocycles. The molecule has 1 aliphatic heterocycles. The molecule has 0 radical (unpaired) electrons. The van der Waals surface area contributed by atoms with Crippen molar-refractivity contribution in [1.82, 2.24) is 14.9 Å². The second-order valence-electron chi connectivity index (χ2n) is 9.78. The number of aromatic nitrogens is 2. The molecule has 1 amide bonds. The van der Waals surface area contributed by atoms with Crippen LogP contribution in [0.15, 0.2) is 12.4 Å². The Kier molecular flexibility index (Phi) is 5.01. The van der Waals surface area contributed by atoms with Gasteiger partial charge in [0.15, 0.2) is 8.32 Å². The summed E-state index contributed by atoms with van der Waals surface area (Å²) in [7, 11) is -1.63. The summed E-state index contributed by atoms with van der Waals surface area (Å²) < 4.78 is 6.38. The topological polar surface area (TPSA) is 78.8 Å². The first-order valence-electron chi connectivity index (χ1n) is 9.69. The maximum atomic E-state index is 11.6. The van der Waals surface area contributed by atoms with Crippen molar-refractivity contribution in [3.8, 4) is 0 Å². The minimum absolute atomic E-state index is 0.1000. The van der Waals surface area contributed by atoms with Crippen molar-refractivity contribution in [2.75, 3.05) is 24.5 Å². The third-order valence-electron chi connectivity index (χ3n) is 5.28. The van der Waals surface area contributed by atoms with E-state index in [4.69, 9.17) is 4.43 Å². The third-order valence-corrected chi connectivity index (χ3v) is 6.28. The Bertz CT molecular complexity index is 692. The van der Waals surface area contributed by atoms with Crippen LogP contribution in [-0.2, 0) is 10.0 Å². The molecule has 1 saturated heterocycles. The molecule has 150 valence electrons. The molecule has 0 spiro atoms. The minimum Gasteiger partial charge on any atom is -0.465 e. The maximum Gasteiger partial charge on any atom is 0.407 e. The van der Waals surface area contributed by atoms with Crippen molar-refractivity contribution in [2.24, 2.45) is 5.41 Å². The summed E-state index contributed by atoms with van der Waals surface area (Å²) in [6.45, 7) is 14.5. The van der Waals surface area contributed by atoms with Gasteiger partial charge in [0.05, 0.1) is 11.6 Å². The third kappa shape index (κ3) is 4.43. The van der Waals surface area contributed by atoms with E-state index in [0.29, 0.717) is 25.6 Å². The van der Waals surface area contributed by atoms with Gasteiger partial charge in [-0.3, -0.25) is 0 Å². The van der Waals surface area contributed by atoms with Gasteiger partial charge in [0.2, 0.25) is 5.95 Å². The summed E-state index contributed by atoms with van der Waals surface area (Å²) in [5.41, 5.74) is 0.726. The highest BCUT2D eigenvalue weighted by molar-refractivity contribution is 6.69. The zero-order valence-corrected chi connectivity index (χ0v) is 18.3.